The molecular weight excluding hydrogens is 299 g/mol. The van der Waals surface area contributed by atoms with E-state index in [1.165, 1.54) is 30.2 Å². The van der Waals surface area contributed by atoms with Gasteiger partial charge in [0, 0.05) is 31.8 Å². The van der Waals surface area contributed by atoms with Crippen LogP contribution in [0.3, 0.4) is 0 Å². The van der Waals surface area contributed by atoms with Crippen molar-refractivity contribution in [3.8, 4) is 10.9 Å². The molecule has 3 heterocycles. The van der Waals surface area contributed by atoms with Gasteiger partial charge in [0.25, 0.3) is 5.19 Å². The Bertz CT molecular complexity index is 882. The molecule has 0 radical (unpaired) electrons. The van der Waals surface area contributed by atoms with Gasteiger partial charge in [0.2, 0.25) is 5.95 Å². The standard InChI is InChI=1S/C11H11FN6O2S/c1-16-5-8(18-11(19)17(2)14-15-18)7(9(16)12)6-20-10-13-3-4-21-10/h3-5H,6H2,1-2H3/i3T. The zero-order valence-corrected chi connectivity index (χ0v) is 12.0. The summed E-state index contributed by atoms with van der Waals surface area (Å²) in [5.41, 5.74) is -0.0814. The summed E-state index contributed by atoms with van der Waals surface area (Å²) in [6.45, 7) is -0.141. The van der Waals surface area contributed by atoms with Crippen LogP contribution in [0, 0.1) is 5.95 Å². The van der Waals surface area contributed by atoms with Gasteiger partial charge < -0.3 is 9.30 Å². The lowest BCUT2D eigenvalue weighted by Crippen LogP contribution is -2.22. The Labute approximate surface area is 123 Å². The fraction of sp³-hybridized carbons (Fsp3) is 0.273. The molecule has 0 bridgehead atoms. The van der Waals surface area contributed by atoms with Crippen LogP contribution in [-0.4, -0.2) is 29.3 Å². The number of hydrogen-bond acceptors (Lipinski definition) is 6. The topological polar surface area (TPSA) is 79.8 Å². The van der Waals surface area contributed by atoms with Crippen LogP contribution < -0.4 is 10.4 Å². The van der Waals surface area contributed by atoms with E-state index in [1.807, 2.05) is 0 Å². The van der Waals surface area contributed by atoms with Crippen LogP contribution in [-0.2, 0) is 20.7 Å². The van der Waals surface area contributed by atoms with Gasteiger partial charge in [-0.3, -0.25) is 0 Å². The largest absolute Gasteiger partial charge is 0.465 e. The summed E-state index contributed by atoms with van der Waals surface area (Å²) in [6, 6.07) is 0. The van der Waals surface area contributed by atoms with Crippen LogP contribution in [0.25, 0.3) is 5.69 Å². The maximum Gasteiger partial charge on any atom is 0.368 e. The average Bonchev–Trinajstić information content (AvgIpc) is 3.11. The van der Waals surface area contributed by atoms with Crippen molar-refractivity contribution in [1.29, 1.82) is 0 Å². The molecule has 0 unspecified atom stereocenters. The van der Waals surface area contributed by atoms with E-state index in [-0.39, 0.29) is 29.2 Å². The Morgan fingerprint density at radius 3 is 2.90 bits per heavy atom. The van der Waals surface area contributed by atoms with Gasteiger partial charge in [-0.25, -0.2) is 9.78 Å². The minimum Gasteiger partial charge on any atom is -0.465 e. The molecule has 0 aliphatic carbocycles. The average molecular weight is 312 g/mol. The first-order valence-electron chi connectivity index (χ1n) is 6.35. The first kappa shape index (κ1) is 12.3. The van der Waals surface area contributed by atoms with Gasteiger partial charge in [-0.2, -0.15) is 13.8 Å². The highest BCUT2D eigenvalue weighted by atomic mass is 32.1. The number of tetrazole rings is 1. The highest BCUT2D eigenvalue weighted by Crippen LogP contribution is 2.21. The second-order valence-corrected chi connectivity index (χ2v) is 5.04. The normalized spacial score (nSPS) is 11.7. The molecule has 0 atom stereocenters. The Kier molecular flexibility index (Phi) is 2.99. The van der Waals surface area contributed by atoms with E-state index < -0.39 is 11.6 Å². The molecule has 110 valence electrons. The van der Waals surface area contributed by atoms with E-state index in [0.717, 1.165) is 20.7 Å². The summed E-state index contributed by atoms with van der Waals surface area (Å²) in [7, 11) is 2.96. The van der Waals surface area contributed by atoms with Crippen LogP contribution in [0.15, 0.2) is 22.5 Å². The van der Waals surface area contributed by atoms with E-state index in [4.69, 9.17) is 6.11 Å². The SMILES string of the molecule is [3H]c1csc(OCc2c(-n3nnn(C)c3=O)cn(C)c2F)n1. The van der Waals surface area contributed by atoms with Crippen molar-refractivity contribution in [1.82, 2.24) is 29.3 Å². The van der Waals surface area contributed by atoms with Crippen molar-refractivity contribution < 1.29 is 10.5 Å². The third kappa shape index (κ3) is 2.33. The molecule has 0 fully saturated rings. The summed E-state index contributed by atoms with van der Waals surface area (Å²) in [5.74, 6) is -0.546. The van der Waals surface area contributed by atoms with Crippen molar-refractivity contribution in [2.75, 3.05) is 0 Å². The van der Waals surface area contributed by atoms with Gasteiger partial charge >= 0.3 is 5.69 Å². The number of aryl methyl sites for hydroxylation is 2. The van der Waals surface area contributed by atoms with Crippen LogP contribution >= 0.6 is 11.3 Å². The second kappa shape index (κ2) is 5.13. The number of thiazole rings is 1. The quantitative estimate of drug-likeness (QED) is 0.700. The molecule has 0 aliphatic heterocycles. The van der Waals surface area contributed by atoms with E-state index >= 15 is 0 Å². The van der Waals surface area contributed by atoms with E-state index in [9.17, 15) is 9.18 Å². The minimum atomic E-state index is -0.546. The molecule has 0 saturated heterocycles. The molecule has 0 amide bonds. The lowest BCUT2D eigenvalue weighted by Gasteiger charge is -2.03. The number of nitrogens with zero attached hydrogens (tertiary/aromatic N) is 6. The van der Waals surface area contributed by atoms with Crippen LogP contribution in [0.2, 0.25) is 0 Å². The highest BCUT2D eigenvalue weighted by molar-refractivity contribution is 7.11. The highest BCUT2D eigenvalue weighted by Gasteiger charge is 2.20. The first-order chi connectivity index (χ1) is 10.5. The third-order valence-corrected chi connectivity index (χ3v) is 3.48. The molecule has 0 spiro atoms. The predicted octanol–water partition coefficient (Wildman–Crippen LogP) is 0.479. The van der Waals surface area contributed by atoms with Crippen LogP contribution in [0.4, 0.5) is 4.39 Å². The molecule has 21 heavy (non-hydrogen) atoms. The molecule has 3 aromatic rings. The Hall–Kier alpha value is -2.49. The molecule has 0 aliphatic rings. The second-order valence-electron chi connectivity index (χ2n) is 4.22. The van der Waals surface area contributed by atoms with Gasteiger partial charge in [-0.15, -0.1) is 0 Å². The van der Waals surface area contributed by atoms with Gasteiger partial charge in [0.05, 0.1) is 12.6 Å². The van der Waals surface area contributed by atoms with Gasteiger partial charge in [-0.1, -0.05) is 11.3 Å². The van der Waals surface area contributed by atoms with Crippen molar-refractivity contribution in [2.24, 2.45) is 14.1 Å². The third-order valence-electron chi connectivity index (χ3n) is 2.84. The number of halogens is 1. The first-order valence-corrected chi connectivity index (χ1v) is 6.73. The predicted molar refractivity (Wildman–Crippen MR) is 72.0 cm³/mol. The van der Waals surface area contributed by atoms with Crippen molar-refractivity contribution >= 4 is 11.3 Å². The lowest BCUT2D eigenvalue weighted by molar-refractivity contribution is 0.295. The maximum absolute atomic E-state index is 14.2. The fourth-order valence-corrected chi connectivity index (χ4v) is 2.24. The lowest BCUT2D eigenvalue weighted by atomic mass is 10.3. The molecule has 0 aromatic carbocycles. The molecule has 0 saturated carbocycles. The number of aromatic nitrogens is 6. The minimum absolute atomic E-state index is 0.0823. The molecular formula is C11H11FN6O2S. The van der Waals surface area contributed by atoms with E-state index in [1.54, 1.807) is 0 Å². The van der Waals surface area contributed by atoms with E-state index in [2.05, 4.69) is 15.4 Å². The van der Waals surface area contributed by atoms with Gasteiger partial charge in [0.1, 0.15) is 6.61 Å². The van der Waals surface area contributed by atoms with Crippen LogP contribution in [0.5, 0.6) is 5.19 Å². The molecule has 3 rings (SSSR count). The zero-order valence-electron chi connectivity index (χ0n) is 12.1. The van der Waals surface area contributed by atoms with Gasteiger partial charge in [0.15, 0.2) is 0 Å². The van der Waals surface area contributed by atoms with Crippen molar-refractivity contribution in [2.45, 2.75) is 6.61 Å². The smallest absolute Gasteiger partial charge is 0.368 e. The number of rotatable bonds is 4. The summed E-state index contributed by atoms with van der Waals surface area (Å²) < 4.78 is 30.2. The molecule has 3 aromatic heterocycles. The maximum atomic E-state index is 14.2. The Morgan fingerprint density at radius 1 is 1.48 bits per heavy atom. The van der Waals surface area contributed by atoms with Crippen LogP contribution in [0.1, 0.15) is 6.93 Å². The summed E-state index contributed by atoms with van der Waals surface area (Å²) >= 11 is 1.14. The molecule has 8 nitrogen and oxygen atoms in total. The van der Waals surface area contributed by atoms with E-state index in [0.29, 0.717) is 0 Å². The van der Waals surface area contributed by atoms with Crippen molar-refractivity contribution in [3.05, 3.63) is 39.7 Å². The van der Waals surface area contributed by atoms with Gasteiger partial charge in [-0.05, 0) is 10.4 Å². The zero-order chi connectivity index (χ0) is 15.9. The summed E-state index contributed by atoms with van der Waals surface area (Å²) in [5, 5.41) is 9.06. The van der Waals surface area contributed by atoms with Crippen molar-refractivity contribution in [3.63, 3.8) is 0 Å². The summed E-state index contributed by atoms with van der Waals surface area (Å²) in [6.07, 6.45) is 1.51. The molecule has 10 heteroatoms. The molecule has 0 N–H and O–H groups in total. The monoisotopic (exact) mass is 312 g/mol. The fourth-order valence-electron chi connectivity index (χ4n) is 1.80. The number of hydrogen-bond donors (Lipinski definition) is 0. The Balaban J connectivity index is 1.96. The Morgan fingerprint density at radius 2 is 2.29 bits per heavy atom. The summed E-state index contributed by atoms with van der Waals surface area (Å²) in [4.78, 5) is 15.7. The number of ether oxygens (including phenoxy) is 1.